The SMILES string of the molecule is CCC1CCC(Nc2cccc(C(=O)N(C)C)c2)C1. The molecule has 2 unspecified atom stereocenters. The van der Waals surface area contributed by atoms with Gasteiger partial charge in [0.1, 0.15) is 0 Å². The first-order valence-corrected chi connectivity index (χ1v) is 7.18. The smallest absolute Gasteiger partial charge is 0.253 e. The normalized spacial score (nSPS) is 22.3. The molecule has 19 heavy (non-hydrogen) atoms. The molecule has 2 rings (SSSR count). The van der Waals surface area contributed by atoms with Crippen LogP contribution in [-0.2, 0) is 0 Å². The van der Waals surface area contributed by atoms with Crippen LogP contribution < -0.4 is 5.32 Å². The van der Waals surface area contributed by atoms with E-state index in [0.29, 0.717) is 6.04 Å². The number of anilines is 1. The van der Waals surface area contributed by atoms with Crippen molar-refractivity contribution in [2.45, 2.75) is 38.6 Å². The lowest BCUT2D eigenvalue weighted by Crippen LogP contribution is -2.22. The Morgan fingerprint density at radius 1 is 1.37 bits per heavy atom. The monoisotopic (exact) mass is 260 g/mol. The number of benzene rings is 1. The fourth-order valence-electron chi connectivity index (χ4n) is 2.81. The van der Waals surface area contributed by atoms with Crippen LogP contribution in [0.2, 0.25) is 0 Å². The average molecular weight is 260 g/mol. The van der Waals surface area contributed by atoms with Gasteiger partial charge in [0, 0.05) is 31.4 Å². The van der Waals surface area contributed by atoms with Gasteiger partial charge < -0.3 is 10.2 Å². The molecule has 1 N–H and O–H groups in total. The van der Waals surface area contributed by atoms with Crippen molar-refractivity contribution in [2.75, 3.05) is 19.4 Å². The highest BCUT2D eigenvalue weighted by molar-refractivity contribution is 5.94. The van der Waals surface area contributed by atoms with E-state index in [1.165, 1.54) is 25.7 Å². The van der Waals surface area contributed by atoms with E-state index in [-0.39, 0.29) is 5.91 Å². The van der Waals surface area contributed by atoms with Crippen molar-refractivity contribution in [1.29, 1.82) is 0 Å². The molecule has 1 aromatic carbocycles. The van der Waals surface area contributed by atoms with Crippen molar-refractivity contribution in [3.8, 4) is 0 Å². The molecule has 1 aliphatic rings. The molecule has 0 spiro atoms. The molecule has 0 aromatic heterocycles. The lowest BCUT2D eigenvalue weighted by molar-refractivity contribution is 0.0827. The maximum Gasteiger partial charge on any atom is 0.253 e. The minimum Gasteiger partial charge on any atom is -0.382 e. The van der Waals surface area contributed by atoms with Crippen LogP contribution in [0.4, 0.5) is 5.69 Å². The van der Waals surface area contributed by atoms with Gasteiger partial charge >= 0.3 is 0 Å². The molecule has 1 aliphatic carbocycles. The number of nitrogens with zero attached hydrogens (tertiary/aromatic N) is 1. The Bertz CT molecular complexity index is 442. The van der Waals surface area contributed by atoms with E-state index in [9.17, 15) is 4.79 Å². The first-order chi connectivity index (χ1) is 9.10. The molecule has 0 saturated heterocycles. The van der Waals surface area contributed by atoms with E-state index in [1.54, 1.807) is 19.0 Å². The van der Waals surface area contributed by atoms with Crippen LogP contribution in [0.1, 0.15) is 43.0 Å². The van der Waals surface area contributed by atoms with Crippen LogP contribution in [0, 0.1) is 5.92 Å². The second kappa shape index (κ2) is 6.09. The summed E-state index contributed by atoms with van der Waals surface area (Å²) in [5, 5.41) is 3.57. The molecule has 2 atom stereocenters. The summed E-state index contributed by atoms with van der Waals surface area (Å²) in [5.74, 6) is 0.922. The van der Waals surface area contributed by atoms with Crippen molar-refractivity contribution in [3.05, 3.63) is 29.8 Å². The predicted molar refractivity (Wildman–Crippen MR) is 79.5 cm³/mol. The van der Waals surface area contributed by atoms with Gasteiger partial charge in [0.2, 0.25) is 0 Å². The number of hydrogen-bond acceptors (Lipinski definition) is 2. The number of nitrogens with one attached hydrogen (secondary N) is 1. The number of hydrogen-bond donors (Lipinski definition) is 1. The molecule has 1 saturated carbocycles. The Kier molecular flexibility index (Phi) is 4.46. The van der Waals surface area contributed by atoms with Gasteiger partial charge in [0.25, 0.3) is 5.91 Å². The maximum absolute atomic E-state index is 11.9. The molecule has 0 bridgehead atoms. The van der Waals surface area contributed by atoms with Crippen molar-refractivity contribution in [3.63, 3.8) is 0 Å². The highest BCUT2D eigenvalue weighted by Gasteiger charge is 2.23. The third-order valence-corrected chi connectivity index (χ3v) is 4.01. The Morgan fingerprint density at radius 2 is 2.16 bits per heavy atom. The van der Waals surface area contributed by atoms with Crippen molar-refractivity contribution in [2.24, 2.45) is 5.92 Å². The van der Waals surface area contributed by atoms with Gasteiger partial charge in [-0.25, -0.2) is 0 Å². The number of amides is 1. The molecule has 3 heteroatoms. The zero-order valence-electron chi connectivity index (χ0n) is 12.1. The summed E-state index contributed by atoms with van der Waals surface area (Å²) in [4.78, 5) is 13.5. The van der Waals surface area contributed by atoms with Gasteiger partial charge in [0.05, 0.1) is 0 Å². The second-order valence-corrected chi connectivity index (χ2v) is 5.71. The number of carbonyl (C=O) groups excluding carboxylic acids is 1. The third kappa shape index (κ3) is 3.49. The molecule has 0 heterocycles. The van der Waals surface area contributed by atoms with E-state index in [4.69, 9.17) is 0 Å². The minimum atomic E-state index is 0.0570. The highest BCUT2D eigenvalue weighted by Crippen LogP contribution is 2.30. The van der Waals surface area contributed by atoms with Crippen molar-refractivity contribution >= 4 is 11.6 Å². The molecule has 1 aromatic rings. The Morgan fingerprint density at radius 3 is 2.79 bits per heavy atom. The lowest BCUT2D eigenvalue weighted by Gasteiger charge is -2.16. The first kappa shape index (κ1) is 13.9. The van der Waals surface area contributed by atoms with Gasteiger partial charge in [-0.1, -0.05) is 19.4 Å². The van der Waals surface area contributed by atoms with Crippen LogP contribution in [-0.4, -0.2) is 30.9 Å². The molecule has 1 fully saturated rings. The largest absolute Gasteiger partial charge is 0.382 e. The number of carbonyl (C=O) groups is 1. The van der Waals surface area contributed by atoms with E-state index < -0.39 is 0 Å². The summed E-state index contributed by atoms with van der Waals surface area (Å²) >= 11 is 0. The van der Waals surface area contributed by atoms with E-state index in [1.807, 2.05) is 24.3 Å². The standard InChI is InChI=1S/C16H24N2O/c1-4-12-8-9-15(10-12)17-14-7-5-6-13(11-14)16(19)18(2)3/h5-7,11-12,15,17H,4,8-10H2,1-3H3. The summed E-state index contributed by atoms with van der Waals surface area (Å²) in [6.07, 6.45) is 5.09. The Labute approximate surface area is 116 Å². The van der Waals surface area contributed by atoms with Crippen LogP contribution in [0.25, 0.3) is 0 Å². The third-order valence-electron chi connectivity index (χ3n) is 4.01. The van der Waals surface area contributed by atoms with Crippen molar-refractivity contribution < 1.29 is 4.79 Å². The topological polar surface area (TPSA) is 32.3 Å². The molecule has 104 valence electrons. The van der Waals surface area contributed by atoms with Crippen molar-refractivity contribution in [1.82, 2.24) is 4.90 Å². The molecule has 0 aliphatic heterocycles. The van der Waals surface area contributed by atoms with Gasteiger partial charge in [-0.15, -0.1) is 0 Å². The van der Waals surface area contributed by atoms with Crippen LogP contribution >= 0.6 is 0 Å². The van der Waals surface area contributed by atoms with E-state index >= 15 is 0 Å². The highest BCUT2D eigenvalue weighted by atomic mass is 16.2. The molecule has 3 nitrogen and oxygen atoms in total. The summed E-state index contributed by atoms with van der Waals surface area (Å²) in [6.45, 7) is 2.27. The summed E-state index contributed by atoms with van der Waals surface area (Å²) in [6, 6.07) is 8.39. The molecular formula is C16H24N2O. The zero-order valence-corrected chi connectivity index (χ0v) is 12.1. The molecular weight excluding hydrogens is 236 g/mol. The van der Waals surface area contributed by atoms with E-state index in [2.05, 4.69) is 12.2 Å². The van der Waals surface area contributed by atoms with Crippen LogP contribution in [0.5, 0.6) is 0 Å². The zero-order chi connectivity index (χ0) is 13.8. The summed E-state index contributed by atoms with van der Waals surface area (Å²) < 4.78 is 0. The average Bonchev–Trinajstić information content (AvgIpc) is 2.85. The fourth-order valence-corrected chi connectivity index (χ4v) is 2.81. The Hall–Kier alpha value is -1.51. The lowest BCUT2D eigenvalue weighted by atomic mass is 10.1. The number of rotatable bonds is 4. The van der Waals surface area contributed by atoms with Crippen LogP contribution in [0.15, 0.2) is 24.3 Å². The molecule has 0 radical (unpaired) electrons. The second-order valence-electron chi connectivity index (χ2n) is 5.71. The van der Waals surface area contributed by atoms with Gasteiger partial charge in [-0.3, -0.25) is 4.79 Å². The van der Waals surface area contributed by atoms with Gasteiger partial charge in [-0.05, 0) is 43.4 Å². The Balaban J connectivity index is 2.01. The predicted octanol–water partition coefficient (Wildman–Crippen LogP) is 3.38. The fraction of sp³-hybridized carbons (Fsp3) is 0.562. The molecule has 1 amide bonds. The maximum atomic E-state index is 11.9. The minimum absolute atomic E-state index is 0.0570. The first-order valence-electron chi connectivity index (χ1n) is 7.18. The van der Waals surface area contributed by atoms with Gasteiger partial charge in [0.15, 0.2) is 0 Å². The summed E-state index contributed by atoms with van der Waals surface area (Å²) in [5.41, 5.74) is 1.81. The van der Waals surface area contributed by atoms with E-state index in [0.717, 1.165) is 17.2 Å². The van der Waals surface area contributed by atoms with Gasteiger partial charge in [-0.2, -0.15) is 0 Å². The van der Waals surface area contributed by atoms with Crippen LogP contribution in [0.3, 0.4) is 0 Å². The summed E-state index contributed by atoms with van der Waals surface area (Å²) in [7, 11) is 3.57. The quantitative estimate of drug-likeness (QED) is 0.900.